The Kier molecular flexibility index (Phi) is 5.09. The van der Waals surface area contributed by atoms with Crippen LogP contribution in [0.5, 0.6) is 0 Å². The number of benzene rings is 1. The van der Waals surface area contributed by atoms with Crippen LogP contribution in [0.3, 0.4) is 0 Å². The van der Waals surface area contributed by atoms with Crippen molar-refractivity contribution >= 4 is 17.5 Å². The van der Waals surface area contributed by atoms with E-state index in [2.05, 4.69) is 27.5 Å². The number of primary amides is 1. The van der Waals surface area contributed by atoms with Gasteiger partial charge in [-0.2, -0.15) is 0 Å². The number of hydrogen-bond donors (Lipinski definition) is 3. The van der Waals surface area contributed by atoms with Crippen LogP contribution in [0.15, 0.2) is 36.4 Å². The molecule has 0 bridgehead atoms. The van der Waals surface area contributed by atoms with Crippen molar-refractivity contribution in [2.75, 3.05) is 23.7 Å². The van der Waals surface area contributed by atoms with Gasteiger partial charge in [-0.05, 0) is 6.42 Å². The molecule has 21 heavy (non-hydrogen) atoms. The highest BCUT2D eigenvalue weighted by Crippen LogP contribution is 2.19. The summed E-state index contributed by atoms with van der Waals surface area (Å²) in [5.74, 6) is 1.46. The fourth-order valence-electron chi connectivity index (χ4n) is 1.78. The van der Waals surface area contributed by atoms with Crippen molar-refractivity contribution in [3.05, 3.63) is 36.4 Å². The topological polar surface area (TPSA) is 92.9 Å². The number of carbonyl (C=O) groups excluding carboxylic acids is 1. The van der Waals surface area contributed by atoms with Gasteiger partial charge >= 0.3 is 0 Å². The zero-order valence-corrected chi connectivity index (χ0v) is 12.0. The first-order valence-corrected chi connectivity index (χ1v) is 6.89. The summed E-state index contributed by atoms with van der Waals surface area (Å²) in [5, 5.41) is 6.13. The number of anilines is 2. The molecule has 6 nitrogen and oxygen atoms in total. The molecule has 110 valence electrons. The van der Waals surface area contributed by atoms with Crippen LogP contribution in [0.25, 0.3) is 11.4 Å². The summed E-state index contributed by atoms with van der Waals surface area (Å²) in [6.07, 6.45) is 0.995. The molecule has 4 N–H and O–H groups in total. The van der Waals surface area contributed by atoms with E-state index in [0.29, 0.717) is 11.6 Å². The summed E-state index contributed by atoms with van der Waals surface area (Å²) in [7, 11) is 0. The van der Waals surface area contributed by atoms with Crippen molar-refractivity contribution in [2.45, 2.75) is 13.3 Å². The normalized spacial score (nSPS) is 10.1. The van der Waals surface area contributed by atoms with Gasteiger partial charge < -0.3 is 16.4 Å². The van der Waals surface area contributed by atoms with Crippen molar-refractivity contribution in [3.8, 4) is 11.4 Å². The molecule has 1 aromatic carbocycles. The van der Waals surface area contributed by atoms with Gasteiger partial charge in [-0.3, -0.25) is 4.79 Å². The molecule has 0 aliphatic carbocycles. The Morgan fingerprint density at radius 3 is 2.43 bits per heavy atom. The van der Waals surface area contributed by atoms with Crippen molar-refractivity contribution < 1.29 is 4.79 Å². The van der Waals surface area contributed by atoms with E-state index in [1.54, 1.807) is 6.07 Å². The van der Waals surface area contributed by atoms with Crippen molar-refractivity contribution in [2.24, 2.45) is 5.73 Å². The minimum Gasteiger partial charge on any atom is -0.370 e. The van der Waals surface area contributed by atoms with Gasteiger partial charge in [0.15, 0.2) is 5.82 Å². The largest absolute Gasteiger partial charge is 0.370 e. The van der Waals surface area contributed by atoms with Crippen molar-refractivity contribution in [3.63, 3.8) is 0 Å². The second-order valence-electron chi connectivity index (χ2n) is 4.57. The number of amides is 1. The van der Waals surface area contributed by atoms with E-state index in [-0.39, 0.29) is 6.54 Å². The third-order valence-electron chi connectivity index (χ3n) is 2.76. The molecular weight excluding hydrogens is 266 g/mol. The van der Waals surface area contributed by atoms with Crippen LogP contribution in [-0.2, 0) is 4.79 Å². The summed E-state index contributed by atoms with van der Waals surface area (Å²) < 4.78 is 0. The SMILES string of the molecule is CCCNc1cc(NCC(N)=O)nc(-c2ccccc2)n1. The van der Waals surface area contributed by atoms with Gasteiger partial charge in [0.25, 0.3) is 0 Å². The standard InChI is InChI=1S/C15H19N5O/c1-2-8-17-13-9-14(18-10-12(16)21)20-15(19-13)11-6-4-3-5-7-11/h3-7,9H,2,8,10H2,1H3,(H2,16,21)(H2,17,18,19,20). The highest BCUT2D eigenvalue weighted by Gasteiger charge is 2.07. The highest BCUT2D eigenvalue weighted by atomic mass is 16.1. The lowest BCUT2D eigenvalue weighted by Gasteiger charge is -2.10. The monoisotopic (exact) mass is 285 g/mol. The Labute approximate surface area is 123 Å². The Morgan fingerprint density at radius 2 is 1.81 bits per heavy atom. The van der Waals surface area contributed by atoms with E-state index in [4.69, 9.17) is 5.73 Å². The van der Waals surface area contributed by atoms with Crippen LogP contribution in [0.2, 0.25) is 0 Å². The maximum Gasteiger partial charge on any atom is 0.236 e. The second kappa shape index (κ2) is 7.23. The zero-order chi connectivity index (χ0) is 15.1. The number of nitrogens with one attached hydrogen (secondary N) is 2. The molecule has 0 unspecified atom stereocenters. The molecule has 1 aromatic heterocycles. The fraction of sp³-hybridized carbons (Fsp3) is 0.267. The van der Waals surface area contributed by atoms with Gasteiger partial charge in [0, 0.05) is 18.2 Å². The predicted octanol–water partition coefficient (Wildman–Crippen LogP) is 1.86. The Balaban J connectivity index is 2.30. The average molecular weight is 285 g/mol. The maximum absolute atomic E-state index is 10.9. The van der Waals surface area contributed by atoms with E-state index in [1.165, 1.54) is 0 Å². The van der Waals surface area contributed by atoms with Crippen LogP contribution in [0, 0.1) is 0 Å². The molecular formula is C15H19N5O. The van der Waals surface area contributed by atoms with Crippen LogP contribution in [-0.4, -0.2) is 29.0 Å². The number of aromatic nitrogens is 2. The smallest absolute Gasteiger partial charge is 0.236 e. The molecule has 1 heterocycles. The van der Waals surface area contributed by atoms with E-state index in [9.17, 15) is 4.79 Å². The Bertz CT molecular complexity index is 600. The minimum absolute atomic E-state index is 0.0401. The van der Waals surface area contributed by atoms with Crippen LogP contribution in [0.1, 0.15) is 13.3 Å². The first-order valence-electron chi connectivity index (χ1n) is 6.89. The van der Waals surface area contributed by atoms with E-state index < -0.39 is 5.91 Å². The summed E-state index contributed by atoms with van der Waals surface area (Å²) >= 11 is 0. The Morgan fingerprint density at radius 1 is 1.14 bits per heavy atom. The van der Waals surface area contributed by atoms with E-state index >= 15 is 0 Å². The number of nitrogens with zero attached hydrogens (tertiary/aromatic N) is 2. The molecule has 0 aliphatic rings. The quantitative estimate of drug-likeness (QED) is 0.722. The number of nitrogens with two attached hydrogens (primary N) is 1. The third-order valence-corrected chi connectivity index (χ3v) is 2.76. The Hall–Kier alpha value is -2.63. The first-order chi connectivity index (χ1) is 10.2. The first kappa shape index (κ1) is 14.8. The van der Waals surface area contributed by atoms with Gasteiger partial charge in [-0.1, -0.05) is 37.3 Å². The lowest BCUT2D eigenvalue weighted by Crippen LogP contribution is -2.22. The number of carbonyl (C=O) groups is 1. The summed E-state index contributed by atoms with van der Waals surface area (Å²) in [5.41, 5.74) is 6.06. The van der Waals surface area contributed by atoms with Crippen LogP contribution >= 0.6 is 0 Å². The molecule has 0 fully saturated rings. The lowest BCUT2D eigenvalue weighted by atomic mass is 10.2. The molecule has 0 aliphatic heterocycles. The van der Waals surface area contributed by atoms with Gasteiger partial charge in [-0.25, -0.2) is 9.97 Å². The predicted molar refractivity (Wildman–Crippen MR) is 83.9 cm³/mol. The highest BCUT2D eigenvalue weighted by molar-refractivity contribution is 5.78. The van der Waals surface area contributed by atoms with Gasteiger partial charge in [0.1, 0.15) is 11.6 Å². The fourth-order valence-corrected chi connectivity index (χ4v) is 1.78. The van der Waals surface area contributed by atoms with E-state index in [1.807, 2.05) is 30.3 Å². The maximum atomic E-state index is 10.9. The molecule has 0 saturated carbocycles. The minimum atomic E-state index is -0.432. The molecule has 0 radical (unpaired) electrons. The van der Waals surface area contributed by atoms with Gasteiger partial charge in [0.05, 0.1) is 6.54 Å². The van der Waals surface area contributed by atoms with Crippen LogP contribution < -0.4 is 16.4 Å². The van der Waals surface area contributed by atoms with Crippen LogP contribution in [0.4, 0.5) is 11.6 Å². The molecule has 0 atom stereocenters. The lowest BCUT2D eigenvalue weighted by molar-refractivity contribution is -0.116. The average Bonchev–Trinajstić information content (AvgIpc) is 2.51. The zero-order valence-electron chi connectivity index (χ0n) is 12.0. The molecule has 2 aromatic rings. The molecule has 6 heteroatoms. The molecule has 0 saturated heterocycles. The van der Waals surface area contributed by atoms with Gasteiger partial charge in [-0.15, -0.1) is 0 Å². The molecule has 0 spiro atoms. The number of hydrogen-bond acceptors (Lipinski definition) is 5. The van der Waals surface area contributed by atoms with Crippen molar-refractivity contribution in [1.82, 2.24) is 9.97 Å². The third kappa shape index (κ3) is 4.45. The van der Waals surface area contributed by atoms with E-state index in [0.717, 1.165) is 24.3 Å². The molecule has 2 rings (SSSR count). The van der Waals surface area contributed by atoms with Crippen molar-refractivity contribution in [1.29, 1.82) is 0 Å². The van der Waals surface area contributed by atoms with Gasteiger partial charge in [0.2, 0.25) is 5.91 Å². The number of rotatable bonds is 7. The second-order valence-corrected chi connectivity index (χ2v) is 4.57. The summed E-state index contributed by atoms with van der Waals surface area (Å²) in [4.78, 5) is 19.8. The summed E-state index contributed by atoms with van der Waals surface area (Å²) in [6.45, 7) is 2.94. The summed E-state index contributed by atoms with van der Waals surface area (Å²) in [6, 6.07) is 11.5. The molecule has 1 amide bonds.